The number of amides is 1. The van der Waals surface area contributed by atoms with Gasteiger partial charge in [-0.05, 0) is 41.8 Å². The number of carbonyl (C=O) groups is 1. The Hall–Kier alpha value is -2.74. The number of carbonyl (C=O) groups excluding carboxylic acids is 1. The monoisotopic (exact) mass is 485 g/mol. The molecular formula is C24H25Cl2N5O2. The number of tetrazole rings is 1. The fraction of sp³-hybridized carbons (Fsp3) is 0.333. The Bertz CT molecular complexity index is 1090. The summed E-state index contributed by atoms with van der Waals surface area (Å²) in [5.74, 6) is 0.324. The molecule has 2 unspecified atom stereocenters. The van der Waals surface area contributed by atoms with Crippen LogP contribution in [0.5, 0.6) is 0 Å². The summed E-state index contributed by atoms with van der Waals surface area (Å²) in [6.07, 6.45) is 2.40. The lowest BCUT2D eigenvalue weighted by atomic mass is 9.89. The molecule has 0 radical (unpaired) electrons. The Morgan fingerprint density at radius 3 is 2.61 bits per heavy atom. The summed E-state index contributed by atoms with van der Waals surface area (Å²) in [7, 11) is 0. The quantitative estimate of drug-likeness (QED) is 0.417. The first-order chi connectivity index (χ1) is 16.0. The van der Waals surface area contributed by atoms with Crippen LogP contribution in [-0.4, -0.2) is 37.5 Å². The van der Waals surface area contributed by atoms with E-state index in [1.165, 1.54) is 0 Å². The molecule has 2 aromatic carbocycles. The van der Waals surface area contributed by atoms with Gasteiger partial charge < -0.3 is 9.64 Å². The lowest BCUT2D eigenvalue weighted by molar-refractivity contribution is -0.180. The highest BCUT2D eigenvalue weighted by Gasteiger charge is 2.47. The van der Waals surface area contributed by atoms with Crippen LogP contribution in [0.25, 0.3) is 0 Å². The third kappa shape index (κ3) is 4.95. The summed E-state index contributed by atoms with van der Waals surface area (Å²) < 4.78 is 6.44. The van der Waals surface area contributed by atoms with E-state index >= 15 is 0 Å². The first-order valence-corrected chi connectivity index (χ1v) is 11.6. The second kappa shape index (κ2) is 10.5. The minimum atomic E-state index is -0.693. The summed E-state index contributed by atoms with van der Waals surface area (Å²) in [5, 5.41) is 15.9. The van der Waals surface area contributed by atoms with Crippen LogP contribution in [0.4, 0.5) is 0 Å². The number of morpholine rings is 1. The number of nitrogens with one attached hydrogen (secondary N) is 1. The molecule has 0 aliphatic carbocycles. The van der Waals surface area contributed by atoms with Gasteiger partial charge >= 0.3 is 0 Å². The summed E-state index contributed by atoms with van der Waals surface area (Å²) in [6.45, 7) is 5.88. The first kappa shape index (κ1) is 23.4. The molecule has 1 N–H and O–H groups in total. The predicted octanol–water partition coefficient (Wildman–Crippen LogP) is 5.63. The maximum Gasteiger partial charge on any atom is 0.253 e. The number of hydrogen-bond acceptors (Lipinski definition) is 5. The van der Waals surface area contributed by atoms with Crippen LogP contribution in [0.1, 0.15) is 61.3 Å². The van der Waals surface area contributed by atoms with Gasteiger partial charge in [-0.2, -0.15) is 5.21 Å². The van der Waals surface area contributed by atoms with Crippen LogP contribution in [0, 0.1) is 0 Å². The molecule has 0 bridgehead atoms. The molecule has 1 amide bonds. The van der Waals surface area contributed by atoms with Crippen molar-refractivity contribution in [3.8, 4) is 0 Å². The third-order valence-corrected chi connectivity index (χ3v) is 6.24. The number of hydrogen-bond donors (Lipinski definition) is 1. The van der Waals surface area contributed by atoms with Gasteiger partial charge in [-0.3, -0.25) is 4.79 Å². The van der Waals surface area contributed by atoms with E-state index in [0.717, 1.165) is 17.5 Å². The van der Waals surface area contributed by atoms with Crippen LogP contribution >= 0.6 is 23.2 Å². The molecule has 33 heavy (non-hydrogen) atoms. The zero-order chi connectivity index (χ0) is 23.4. The van der Waals surface area contributed by atoms with E-state index in [-0.39, 0.29) is 11.9 Å². The molecule has 3 aromatic rings. The minimum Gasteiger partial charge on any atom is -0.358 e. The standard InChI is InChI=1S/C24H25Cl2N5O2/c1-3-6-19(23-27-29-30-28-23)31-21(15-10-12-17(25)13-11-15)22(16-8-5-9-18(26)14-16)33-20(7-4-2)24(31)32/h4-5,8-14,19-22H,2-3,6-7H2,1H3,(H,27,28,29,30)/t19-,20?,21?,22+/m1/s1. The maximum absolute atomic E-state index is 13.8. The fourth-order valence-electron chi connectivity index (χ4n) is 4.33. The largest absolute Gasteiger partial charge is 0.358 e. The number of ether oxygens (including phenoxy) is 1. The Morgan fingerprint density at radius 2 is 1.97 bits per heavy atom. The third-order valence-electron chi connectivity index (χ3n) is 5.75. The Kier molecular flexibility index (Phi) is 7.42. The van der Waals surface area contributed by atoms with Gasteiger partial charge in [0.1, 0.15) is 12.2 Å². The highest BCUT2D eigenvalue weighted by atomic mass is 35.5. The molecule has 9 heteroatoms. The van der Waals surface area contributed by atoms with Crippen molar-refractivity contribution in [3.63, 3.8) is 0 Å². The number of aromatic nitrogens is 4. The van der Waals surface area contributed by atoms with Crippen molar-refractivity contribution in [2.75, 3.05) is 0 Å². The lowest BCUT2D eigenvalue weighted by Gasteiger charge is -2.47. The zero-order valence-electron chi connectivity index (χ0n) is 18.2. The average molecular weight is 486 g/mol. The first-order valence-electron chi connectivity index (χ1n) is 10.9. The highest BCUT2D eigenvalue weighted by Crippen LogP contribution is 2.47. The number of nitrogens with zero attached hydrogens (tertiary/aromatic N) is 4. The SMILES string of the molecule is C=CCC1O[C@@H](c2cccc(Cl)c2)C(c2ccc(Cl)cc2)N([C@H](CCC)c2nn[nH]n2)C1=O. The summed E-state index contributed by atoms with van der Waals surface area (Å²) in [5.41, 5.74) is 1.76. The van der Waals surface area contributed by atoms with E-state index in [1.807, 2.05) is 53.4 Å². The fourth-order valence-corrected chi connectivity index (χ4v) is 4.66. The molecule has 0 spiro atoms. The average Bonchev–Trinajstić information content (AvgIpc) is 3.34. The van der Waals surface area contributed by atoms with Crippen molar-refractivity contribution in [1.82, 2.24) is 25.5 Å². The molecule has 4 atom stereocenters. The van der Waals surface area contributed by atoms with Crippen LogP contribution in [-0.2, 0) is 9.53 Å². The van der Waals surface area contributed by atoms with Crippen LogP contribution in [0.3, 0.4) is 0 Å². The van der Waals surface area contributed by atoms with Crippen molar-refractivity contribution in [2.24, 2.45) is 0 Å². The van der Waals surface area contributed by atoms with E-state index in [1.54, 1.807) is 6.08 Å². The van der Waals surface area contributed by atoms with Crippen molar-refractivity contribution in [3.05, 3.63) is 88.2 Å². The molecule has 7 nitrogen and oxygen atoms in total. The second-order valence-corrected chi connectivity index (χ2v) is 8.81. The Labute approximate surface area is 202 Å². The maximum atomic E-state index is 13.8. The van der Waals surface area contributed by atoms with Crippen molar-refractivity contribution >= 4 is 29.1 Å². The van der Waals surface area contributed by atoms with E-state index in [2.05, 4.69) is 34.1 Å². The van der Waals surface area contributed by atoms with E-state index in [0.29, 0.717) is 28.7 Å². The number of aromatic amines is 1. The normalized spacial score (nSPS) is 21.7. The molecular weight excluding hydrogens is 461 g/mol. The van der Waals surface area contributed by atoms with Gasteiger partial charge in [0.05, 0.1) is 12.1 Å². The molecule has 1 aliphatic heterocycles. The minimum absolute atomic E-state index is 0.142. The van der Waals surface area contributed by atoms with Crippen molar-refractivity contribution in [1.29, 1.82) is 0 Å². The molecule has 0 saturated carbocycles. The zero-order valence-corrected chi connectivity index (χ0v) is 19.7. The molecule has 1 aliphatic rings. The van der Waals surface area contributed by atoms with Gasteiger partial charge in [-0.1, -0.05) is 72.1 Å². The molecule has 2 heterocycles. The van der Waals surface area contributed by atoms with E-state index in [9.17, 15) is 4.79 Å². The summed E-state index contributed by atoms with van der Waals surface area (Å²) >= 11 is 12.5. The van der Waals surface area contributed by atoms with Gasteiger partial charge in [-0.25, -0.2) is 0 Å². The highest BCUT2D eigenvalue weighted by molar-refractivity contribution is 6.30. The van der Waals surface area contributed by atoms with E-state index < -0.39 is 18.2 Å². The molecule has 1 aromatic heterocycles. The number of halogens is 2. The van der Waals surface area contributed by atoms with Crippen molar-refractivity contribution < 1.29 is 9.53 Å². The molecule has 1 fully saturated rings. The second-order valence-electron chi connectivity index (χ2n) is 7.94. The topological polar surface area (TPSA) is 84.0 Å². The number of H-pyrrole nitrogens is 1. The Morgan fingerprint density at radius 1 is 1.18 bits per heavy atom. The van der Waals surface area contributed by atoms with Gasteiger partial charge in [0, 0.05) is 16.5 Å². The Balaban J connectivity index is 1.90. The van der Waals surface area contributed by atoms with Crippen LogP contribution < -0.4 is 0 Å². The lowest BCUT2D eigenvalue weighted by Crippen LogP contribution is -2.52. The molecule has 172 valence electrons. The van der Waals surface area contributed by atoms with Gasteiger partial charge in [0.2, 0.25) is 0 Å². The molecule has 4 rings (SSSR count). The summed E-state index contributed by atoms with van der Waals surface area (Å²) in [6, 6.07) is 14.1. The van der Waals surface area contributed by atoms with Gasteiger partial charge in [-0.15, -0.1) is 16.8 Å². The van der Waals surface area contributed by atoms with Gasteiger partial charge in [0.15, 0.2) is 5.82 Å². The van der Waals surface area contributed by atoms with Crippen LogP contribution in [0.15, 0.2) is 61.2 Å². The predicted molar refractivity (Wildman–Crippen MR) is 127 cm³/mol. The molecule has 1 saturated heterocycles. The van der Waals surface area contributed by atoms with Crippen molar-refractivity contribution in [2.45, 2.75) is 50.5 Å². The number of rotatable bonds is 8. The summed E-state index contributed by atoms with van der Waals surface area (Å²) in [4.78, 5) is 15.7. The number of benzene rings is 2. The van der Waals surface area contributed by atoms with Crippen LogP contribution in [0.2, 0.25) is 10.0 Å². The smallest absolute Gasteiger partial charge is 0.253 e. The van der Waals surface area contributed by atoms with Gasteiger partial charge in [0.25, 0.3) is 5.91 Å². The van der Waals surface area contributed by atoms with E-state index in [4.69, 9.17) is 27.9 Å².